The lowest BCUT2D eigenvalue weighted by Gasteiger charge is -2.17. The van der Waals surface area contributed by atoms with Gasteiger partial charge in [0, 0.05) is 6.04 Å². The second-order valence-electron chi connectivity index (χ2n) is 3.57. The molecule has 1 N–H and O–H groups in total. The van der Waals surface area contributed by atoms with Crippen molar-refractivity contribution in [1.29, 1.82) is 0 Å². The quantitative estimate of drug-likeness (QED) is 0.854. The van der Waals surface area contributed by atoms with Crippen LogP contribution in [0.2, 0.25) is 0 Å². The number of nitrogens with one attached hydrogen (secondary N) is 1. The van der Waals surface area contributed by atoms with Crippen LogP contribution >= 0.6 is 15.9 Å². The van der Waals surface area contributed by atoms with Gasteiger partial charge in [0.1, 0.15) is 5.82 Å². The van der Waals surface area contributed by atoms with Crippen LogP contribution in [0.15, 0.2) is 22.7 Å². The van der Waals surface area contributed by atoms with Crippen LogP contribution < -0.4 is 5.32 Å². The summed E-state index contributed by atoms with van der Waals surface area (Å²) in [4.78, 5) is 0. The number of hydrogen-bond acceptors (Lipinski definition) is 1. The molecular formula is C12H17BrFN. The van der Waals surface area contributed by atoms with Gasteiger partial charge in [-0.3, -0.25) is 0 Å². The van der Waals surface area contributed by atoms with Crippen LogP contribution in [0.3, 0.4) is 0 Å². The van der Waals surface area contributed by atoms with Crippen molar-refractivity contribution in [2.24, 2.45) is 0 Å². The number of halogens is 2. The van der Waals surface area contributed by atoms with Crippen molar-refractivity contribution in [3.63, 3.8) is 0 Å². The van der Waals surface area contributed by atoms with E-state index in [2.05, 4.69) is 35.1 Å². The average Bonchev–Trinajstić information content (AvgIpc) is 2.22. The molecule has 1 unspecified atom stereocenters. The van der Waals surface area contributed by atoms with Crippen LogP contribution in [0.1, 0.15) is 38.3 Å². The van der Waals surface area contributed by atoms with Gasteiger partial charge >= 0.3 is 0 Å². The minimum Gasteiger partial charge on any atom is -0.310 e. The summed E-state index contributed by atoms with van der Waals surface area (Å²) in [7, 11) is 0. The number of hydrogen-bond donors (Lipinski definition) is 1. The summed E-state index contributed by atoms with van der Waals surface area (Å²) in [5.74, 6) is -0.188. The summed E-state index contributed by atoms with van der Waals surface area (Å²) in [6.07, 6.45) is 2.13. The van der Waals surface area contributed by atoms with Crippen molar-refractivity contribution in [2.75, 3.05) is 6.54 Å². The van der Waals surface area contributed by atoms with Crippen molar-refractivity contribution < 1.29 is 4.39 Å². The molecule has 0 aliphatic heterocycles. The molecule has 0 fully saturated rings. The molecule has 84 valence electrons. The lowest BCUT2D eigenvalue weighted by atomic mass is 10.0. The maximum absolute atomic E-state index is 13.3. The van der Waals surface area contributed by atoms with E-state index in [0.717, 1.165) is 24.9 Å². The molecule has 0 spiro atoms. The third-order valence-electron chi connectivity index (χ3n) is 2.37. The summed E-state index contributed by atoms with van der Waals surface area (Å²) < 4.78 is 13.9. The molecule has 0 bridgehead atoms. The maximum Gasteiger partial charge on any atom is 0.137 e. The molecule has 0 aliphatic rings. The zero-order valence-electron chi connectivity index (χ0n) is 9.19. The Morgan fingerprint density at radius 2 is 2.13 bits per heavy atom. The van der Waals surface area contributed by atoms with E-state index in [1.165, 1.54) is 0 Å². The van der Waals surface area contributed by atoms with Gasteiger partial charge in [0.15, 0.2) is 0 Å². The van der Waals surface area contributed by atoms with Gasteiger partial charge in [-0.2, -0.15) is 0 Å². The molecule has 1 rings (SSSR count). The Bertz CT molecular complexity index is 308. The molecule has 0 aliphatic carbocycles. The Morgan fingerprint density at radius 3 is 2.67 bits per heavy atom. The topological polar surface area (TPSA) is 12.0 Å². The highest BCUT2D eigenvalue weighted by Crippen LogP contribution is 2.23. The van der Waals surface area contributed by atoms with Crippen LogP contribution in [-0.2, 0) is 0 Å². The van der Waals surface area contributed by atoms with E-state index in [4.69, 9.17) is 0 Å². The summed E-state index contributed by atoms with van der Waals surface area (Å²) in [5.41, 5.74) is 1.03. The van der Waals surface area contributed by atoms with Gasteiger partial charge in [-0.05, 0) is 46.6 Å². The first kappa shape index (κ1) is 12.7. The van der Waals surface area contributed by atoms with Crippen molar-refractivity contribution in [3.8, 4) is 0 Å². The monoisotopic (exact) mass is 273 g/mol. The largest absolute Gasteiger partial charge is 0.310 e. The molecule has 0 saturated carbocycles. The number of rotatable bonds is 5. The van der Waals surface area contributed by atoms with E-state index in [0.29, 0.717) is 4.47 Å². The highest BCUT2D eigenvalue weighted by atomic mass is 79.9. The molecule has 0 aromatic heterocycles. The fraction of sp³-hybridized carbons (Fsp3) is 0.500. The van der Waals surface area contributed by atoms with Crippen LogP contribution in [0, 0.1) is 5.82 Å². The van der Waals surface area contributed by atoms with E-state index in [-0.39, 0.29) is 11.9 Å². The van der Waals surface area contributed by atoms with Gasteiger partial charge in [0.25, 0.3) is 0 Å². The smallest absolute Gasteiger partial charge is 0.137 e. The minimum absolute atomic E-state index is 0.188. The zero-order chi connectivity index (χ0) is 11.3. The Kier molecular flexibility index (Phi) is 5.26. The molecule has 1 nitrogen and oxygen atoms in total. The van der Waals surface area contributed by atoms with Gasteiger partial charge in [-0.1, -0.05) is 26.3 Å². The van der Waals surface area contributed by atoms with Gasteiger partial charge in [-0.25, -0.2) is 4.39 Å². The van der Waals surface area contributed by atoms with Crippen molar-refractivity contribution in [1.82, 2.24) is 5.32 Å². The molecular weight excluding hydrogens is 257 g/mol. The summed E-state index contributed by atoms with van der Waals surface area (Å²) >= 11 is 3.16. The molecule has 0 amide bonds. The van der Waals surface area contributed by atoms with Crippen LogP contribution in [-0.4, -0.2) is 6.54 Å². The van der Waals surface area contributed by atoms with Crippen LogP contribution in [0.5, 0.6) is 0 Å². The first-order chi connectivity index (χ1) is 7.19. The molecule has 0 saturated heterocycles. The van der Waals surface area contributed by atoms with E-state index < -0.39 is 0 Å². The summed E-state index contributed by atoms with van der Waals surface area (Å²) in [5, 5.41) is 3.36. The maximum atomic E-state index is 13.3. The second-order valence-corrected chi connectivity index (χ2v) is 4.43. The predicted molar refractivity (Wildman–Crippen MR) is 65.4 cm³/mol. The van der Waals surface area contributed by atoms with E-state index in [9.17, 15) is 4.39 Å². The molecule has 1 aromatic rings. The SMILES string of the molecule is CCCC(NCC)c1ccc(Br)c(F)c1. The van der Waals surface area contributed by atoms with Crippen molar-refractivity contribution >= 4 is 15.9 Å². The van der Waals surface area contributed by atoms with E-state index in [1.54, 1.807) is 12.1 Å². The van der Waals surface area contributed by atoms with Gasteiger partial charge < -0.3 is 5.32 Å². The van der Waals surface area contributed by atoms with Crippen molar-refractivity contribution in [3.05, 3.63) is 34.1 Å². The molecule has 1 atom stereocenters. The Morgan fingerprint density at radius 1 is 1.40 bits per heavy atom. The van der Waals surface area contributed by atoms with Gasteiger partial charge in [0.2, 0.25) is 0 Å². The lowest BCUT2D eigenvalue weighted by Crippen LogP contribution is -2.20. The second kappa shape index (κ2) is 6.23. The molecule has 3 heteroatoms. The standard InChI is InChI=1S/C12H17BrFN/c1-3-5-12(15-4-2)9-6-7-10(13)11(14)8-9/h6-8,12,15H,3-5H2,1-2H3. The first-order valence-electron chi connectivity index (χ1n) is 5.37. The van der Waals surface area contributed by atoms with E-state index >= 15 is 0 Å². The summed E-state index contributed by atoms with van der Waals surface area (Å²) in [6, 6.07) is 5.61. The van der Waals surface area contributed by atoms with Crippen molar-refractivity contribution in [2.45, 2.75) is 32.7 Å². The molecule has 0 heterocycles. The predicted octanol–water partition coefficient (Wildman–Crippen LogP) is 4.04. The van der Waals surface area contributed by atoms with E-state index in [1.807, 2.05) is 6.07 Å². The highest BCUT2D eigenvalue weighted by molar-refractivity contribution is 9.10. The lowest BCUT2D eigenvalue weighted by molar-refractivity contribution is 0.504. The third-order valence-corrected chi connectivity index (χ3v) is 3.02. The Hall–Kier alpha value is -0.410. The van der Waals surface area contributed by atoms with Gasteiger partial charge in [0.05, 0.1) is 4.47 Å². The first-order valence-corrected chi connectivity index (χ1v) is 6.16. The van der Waals surface area contributed by atoms with Crippen LogP contribution in [0.4, 0.5) is 4.39 Å². The fourth-order valence-electron chi connectivity index (χ4n) is 1.65. The fourth-order valence-corrected chi connectivity index (χ4v) is 1.90. The molecule has 0 radical (unpaired) electrons. The molecule has 15 heavy (non-hydrogen) atoms. The Balaban J connectivity index is 2.85. The minimum atomic E-state index is -0.188. The average molecular weight is 274 g/mol. The van der Waals surface area contributed by atoms with Crippen LogP contribution in [0.25, 0.3) is 0 Å². The van der Waals surface area contributed by atoms with Gasteiger partial charge in [-0.15, -0.1) is 0 Å². The molecule has 1 aromatic carbocycles. The zero-order valence-corrected chi connectivity index (χ0v) is 10.8. The Labute approximate surface area is 99.2 Å². The highest BCUT2D eigenvalue weighted by Gasteiger charge is 2.10. The normalized spacial score (nSPS) is 12.8. The number of benzene rings is 1. The summed E-state index contributed by atoms with van der Waals surface area (Å²) in [6.45, 7) is 5.11. The third kappa shape index (κ3) is 3.58.